The van der Waals surface area contributed by atoms with Crippen molar-refractivity contribution in [2.75, 3.05) is 23.0 Å². The molecule has 0 unspecified atom stereocenters. The molecule has 1 fully saturated rings. The minimum atomic E-state index is -0.589. The van der Waals surface area contributed by atoms with E-state index in [1.54, 1.807) is 34.9 Å². The van der Waals surface area contributed by atoms with Crippen LogP contribution in [0.1, 0.15) is 6.42 Å². The van der Waals surface area contributed by atoms with Gasteiger partial charge in [0.15, 0.2) is 0 Å². The van der Waals surface area contributed by atoms with Gasteiger partial charge in [-0.15, -0.1) is 11.8 Å². The van der Waals surface area contributed by atoms with Gasteiger partial charge in [-0.25, -0.2) is 9.18 Å². The normalized spacial score (nSPS) is 16.8. The van der Waals surface area contributed by atoms with Gasteiger partial charge in [-0.05, 0) is 55.1 Å². The highest BCUT2D eigenvalue weighted by Crippen LogP contribution is 2.22. The van der Waals surface area contributed by atoms with E-state index in [-0.39, 0.29) is 11.7 Å². The quantitative estimate of drug-likeness (QED) is 0.822. The Morgan fingerprint density at radius 3 is 2.72 bits per heavy atom. The second-order valence-electron chi connectivity index (χ2n) is 5.64. The molecule has 3 rings (SSSR count). The standard InChI is InChI=1S/C18H18FN3O2S/c1-25-15-4-2-3-13(11-15)20-18(24)21-16-9-10-22(17(16)23)14-7-5-12(19)6-8-14/h2-8,11,16H,9-10H2,1H3,(H2,20,21,24)/t16-/m1/s1. The third-order valence-corrected chi connectivity index (χ3v) is 4.70. The van der Waals surface area contributed by atoms with Crippen LogP contribution >= 0.6 is 11.8 Å². The van der Waals surface area contributed by atoms with Gasteiger partial charge in [0.05, 0.1) is 0 Å². The number of carbonyl (C=O) groups is 2. The van der Waals surface area contributed by atoms with E-state index in [2.05, 4.69) is 10.6 Å². The molecule has 0 saturated carbocycles. The Morgan fingerprint density at radius 2 is 2.00 bits per heavy atom. The molecule has 25 heavy (non-hydrogen) atoms. The lowest BCUT2D eigenvalue weighted by Gasteiger charge is -2.17. The smallest absolute Gasteiger partial charge is 0.319 e. The highest BCUT2D eigenvalue weighted by Gasteiger charge is 2.33. The number of hydrogen-bond acceptors (Lipinski definition) is 3. The molecule has 0 spiro atoms. The largest absolute Gasteiger partial charge is 0.326 e. The number of nitrogens with zero attached hydrogens (tertiary/aromatic N) is 1. The summed E-state index contributed by atoms with van der Waals surface area (Å²) in [6.45, 7) is 0.484. The maximum absolute atomic E-state index is 13.0. The van der Waals surface area contributed by atoms with Gasteiger partial charge in [0.1, 0.15) is 11.9 Å². The minimum absolute atomic E-state index is 0.195. The number of carbonyl (C=O) groups excluding carboxylic acids is 2. The lowest BCUT2D eigenvalue weighted by Crippen LogP contribution is -2.43. The number of amides is 3. The van der Waals surface area contributed by atoms with Crippen LogP contribution in [0.15, 0.2) is 53.4 Å². The van der Waals surface area contributed by atoms with Crippen LogP contribution in [-0.4, -0.2) is 30.8 Å². The molecule has 0 aliphatic carbocycles. The summed E-state index contributed by atoms with van der Waals surface area (Å²) in [6, 6.07) is 12.2. The van der Waals surface area contributed by atoms with Gasteiger partial charge in [-0.1, -0.05) is 6.07 Å². The topological polar surface area (TPSA) is 61.4 Å². The number of hydrogen-bond donors (Lipinski definition) is 2. The van der Waals surface area contributed by atoms with Crippen molar-refractivity contribution in [3.8, 4) is 0 Å². The number of rotatable bonds is 4. The van der Waals surface area contributed by atoms with Crippen LogP contribution in [0.5, 0.6) is 0 Å². The fraction of sp³-hybridized carbons (Fsp3) is 0.222. The van der Waals surface area contributed by atoms with Crippen LogP contribution in [0.3, 0.4) is 0 Å². The molecule has 2 N–H and O–H groups in total. The van der Waals surface area contributed by atoms with Crippen LogP contribution < -0.4 is 15.5 Å². The molecule has 1 saturated heterocycles. The fourth-order valence-electron chi connectivity index (χ4n) is 2.72. The molecule has 0 aromatic heterocycles. The summed E-state index contributed by atoms with van der Waals surface area (Å²) in [4.78, 5) is 27.2. The third-order valence-electron chi connectivity index (χ3n) is 3.98. The van der Waals surface area contributed by atoms with Crippen LogP contribution in [0.4, 0.5) is 20.6 Å². The maximum atomic E-state index is 13.0. The molecular formula is C18H18FN3O2S. The van der Waals surface area contributed by atoms with Gasteiger partial charge in [0.25, 0.3) is 0 Å². The Balaban J connectivity index is 1.60. The van der Waals surface area contributed by atoms with E-state index in [9.17, 15) is 14.0 Å². The molecule has 0 radical (unpaired) electrons. The molecule has 0 bridgehead atoms. The average Bonchev–Trinajstić information content (AvgIpc) is 2.96. The van der Waals surface area contributed by atoms with Crippen LogP contribution in [0.2, 0.25) is 0 Å². The van der Waals surface area contributed by atoms with Crippen molar-refractivity contribution in [3.63, 3.8) is 0 Å². The van der Waals surface area contributed by atoms with E-state index in [1.165, 1.54) is 12.1 Å². The monoisotopic (exact) mass is 359 g/mol. The number of urea groups is 1. The molecule has 7 heteroatoms. The molecule has 1 atom stereocenters. The van der Waals surface area contributed by atoms with Crippen LogP contribution in [0.25, 0.3) is 0 Å². The highest BCUT2D eigenvalue weighted by molar-refractivity contribution is 7.98. The van der Waals surface area contributed by atoms with Crippen molar-refractivity contribution >= 4 is 35.1 Å². The van der Waals surface area contributed by atoms with E-state index in [4.69, 9.17) is 0 Å². The van der Waals surface area contributed by atoms with Gasteiger partial charge in [0, 0.05) is 22.8 Å². The van der Waals surface area contributed by atoms with E-state index < -0.39 is 12.1 Å². The van der Waals surface area contributed by atoms with Gasteiger partial charge in [-0.3, -0.25) is 4.79 Å². The SMILES string of the molecule is CSc1cccc(NC(=O)N[C@@H]2CCN(c3ccc(F)cc3)C2=O)c1. The summed E-state index contributed by atoms with van der Waals surface area (Å²) in [7, 11) is 0. The molecule has 1 heterocycles. The molecule has 1 aliphatic rings. The Kier molecular flexibility index (Phi) is 5.23. The van der Waals surface area contributed by atoms with Gasteiger partial charge in [-0.2, -0.15) is 0 Å². The van der Waals surface area contributed by atoms with Crippen molar-refractivity contribution in [2.45, 2.75) is 17.4 Å². The first-order valence-corrected chi connectivity index (χ1v) is 9.08. The summed E-state index contributed by atoms with van der Waals surface area (Å²) in [6.07, 6.45) is 2.47. The first-order valence-electron chi connectivity index (χ1n) is 7.85. The molecular weight excluding hydrogens is 341 g/mol. The minimum Gasteiger partial charge on any atom is -0.326 e. The Morgan fingerprint density at radius 1 is 1.24 bits per heavy atom. The van der Waals surface area contributed by atoms with Crippen molar-refractivity contribution in [3.05, 3.63) is 54.3 Å². The molecule has 3 amide bonds. The maximum Gasteiger partial charge on any atom is 0.319 e. The molecule has 5 nitrogen and oxygen atoms in total. The van der Waals surface area contributed by atoms with Crippen LogP contribution in [0, 0.1) is 5.82 Å². The van der Waals surface area contributed by atoms with E-state index >= 15 is 0 Å². The highest BCUT2D eigenvalue weighted by atomic mass is 32.2. The molecule has 2 aromatic carbocycles. The van der Waals surface area contributed by atoms with Gasteiger partial charge in [0.2, 0.25) is 5.91 Å². The number of anilines is 2. The van der Waals surface area contributed by atoms with Crippen molar-refractivity contribution in [1.29, 1.82) is 0 Å². The first kappa shape index (κ1) is 17.3. The molecule has 1 aliphatic heterocycles. The van der Waals surface area contributed by atoms with Crippen molar-refractivity contribution < 1.29 is 14.0 Å². The summed E-state index contributed by atoms with van der Waals surface area (Å²) in [5, 5.41) is 5.45. The van der Waals surface area contributed by atoms with Gasteiger partial charge < -0.3 is 15.5 Å². The predicted molar refractivity (Wildman–Crippen MR) is 97.5 cm³/mol. The van der Waals surface area contributed by atoms with E-state index in [1.807, 2.05) is 24.5 Å². The molecule has 130 valence electrons. The van der Waals surface area contributed by atoms with Crippen molar-refractivity contribution in [2.24, 2.45) is 0 Å². The van der Waals surface area contributed by atoms with E-state index in [0.29, 0.717) is 24.3 Å². The summed E-state index contributed by atoms with van der Waals surface area (Å²) >= 11 is 1.58. The lowest BCUT2D eigenvalue weighted by molar-refractivity contribution is -0.118. The van der Waals surface area contributed by atoms with Gasteiger partial charge >= 0.3 is 6.03 Å². The lowest BCUT2D eigenvalue weighted by atomic mass is 10.2. The number of nitrogens with one attached hydrogen (secondary N) is 2. The van der Waals surface area contributed by atoms with Crippen molar-refractivity contribution in [1.82, 2.24) is 5.32 Å². The third kappa shape index (κ3) is 4.11. The Hall–Kier alpha value is -2.54. The second kappa shape index (κ2) is 7.57. The average molecular weight is 359 g/mol. The molecule has 2 aromatic rings. The summed E-state index contributed by atoms with van der Waals surface area (Å²) in [5.41, 5.74) is 1.30. The zero-order valence-corrected chi connectivity index (χ0v) is 14.5. The number of thioether (sulfide) groups is 1. The zero-order chi connectivity index (χ0) is 17.8. The Labute approximate surface area is 149 Å². The summed E-state index contributed by atoms with van der Waals surface area (Å²) < 4.78 is 13.0. The Bertz CT molecular complexity index is 782. The fourth-order valence-corrected chi connectivity index (χ4v) is 3.18. The zero-order valence-electron chi connectivity index (χ0n) is 13.7. The second-order valence-corrected chi connectivity index (χ2v) is 6.52. The summed E-state index contributed by atoms with van der Waals surface area (Å²) in [5.74, 6) is -0.545. The van der Waals surface area contributed by atoms with E-state index in [0.717, 1.165) is 4.90 Å². The number of halogens is 1. The van der Waals surface area contributed by atoms with Crippen LogP contribution in [-0.2, 0) is 4.79 Å². The first-order chi connectivity index (χ1) is 12.1. The predicted octanol–water partition coefficient (Wildman–Crippen LogP) is 3.47. The number of benzene rings is 2.